The number of fused-ring (bicyclic) bond motifs is 14. The lowest BCUT2D eigenvalue weighted by molar-refractivity contribution is 0.584. The Kier molecular flexibility index (Phi) is 7.97. The topological polar surface area (TPSA) is 17.0 Å². The van der Waals surface area contributed by atoms with Gasteiger partial charge in [0.25, 0.3) is 0 Å². The molecule has 13 rings (SSSR count). The molecule has 0 unspecified atom stereocenters. The summed E-state index contributed by atoms with van der Waals surface area (Å²) in [6.45, 7) is 23.5. The molecule has 3 aliphatic rings. The van der Waals surface area contributed by atoms with Crippen LogP contribution in [0.2, 0.25) is 0 Å². The summed E-state index contributed by atoms with van der Waals surface area (Å²) >= 11 is 1.90. The average molecular weight is 870 g/mol. The number of nitrogens with zero attached hydrogens (tertiary/aromatic N) is 1. The van der Waals surface area contributed by atoms with Crippen molar-refractivity contribution in [2.24, 2.45) is 0 Å². The second-order valence-electron chi connectivity index (χ2n) is 22.5. The quantitative estimate of drug-likeness (QED) is 0.175. The number of aromatic nitrogens is 1. The maximum absolute atomic E-state index is 4.02. The van der Waals surface area contributed by atoms with Crippen molar-refractivity contribution in [2.75, 3.05) is 5.32 Å². The van der Waals surface area contributed by atoms with Crippen LogP contribution >= 0.6 is 11.3 Å². The lowest BCUT2D eigenvalue weighted by Crippen LogP contribution is -2.38. The lowest BCUT2D eigenvalue weighted by atomic mass is 9.58. The van der Waals surface area contributed by atoms with Gasteiger partial charge in [0.2, 0.25) is 0 Å². The molecule has 1 N–H and O–H groups in total. The molecule has 0 atom stereocenters. The standard InChI is InChI=1S/C62H54BN2S/c1-59(2,3)34-19-22-36(23-20-34)64-52-29-42-38-24-21-35(60(4,5)6)27-48(38)62(9,10)49(42)28-44(52)40-25-26-41-45-32-56-46(39-16-12-14-18-55(39)66-56)31-53(45)65-54-30-43-37-15-11-13-17-47(37)61(7,8)50(43)33-51(54)63-57(40)58(41)65/h11-33,64H,1-10H3. The van der Waals surface area contributed by atoms with Crippen molar-refractivity contribution in [3.8, 4) is 39.1 Å². The molecular weight excluding hydrogens is 816 g/mol. The highest BCUT2D eigenvalue weighted by Crippen LogP contribution is 2.54. The van der Waals surface area contributed by atoms with Crippen molar-refractivity contribution >= 4 is 82.9 Å². The molecule has 1 aliphatic heterocycles. The summed E-state index contributed by atoms with van der Waals surface area (Å²) in [5.74, 6) is 0. The van der Waals surface area contributed by atoms with E-state index in [2.05, 4.69) is 226 Å². The number of hydrogen-bond acceptors (Lipinski definition) is 2. The molecule has 2 nitrogen and oxygen atoms in total. The zero-order chi connectivity index (χ0) is 45.4. The van der Waals surface area contributed by atoms with Gasteiger partial charge < -0.3 is 9.88 Å². The maximum Gasteiger partial charge on any atom is 0.197 e. The van der Waals surface area contributed by atoms with E-state index >= 15 is 0 Å². The van der Waals surface area contributed by atoms with Crippen LogP contribution in [-0.4, -0.2) is 11.8 Å². The molecule has 4 heteroatoms. The van der Waals surface area contributed by atoms with Gasteiger partial charge in [0.1, 0.15) is 0 Å². The molecule has 2 aromatic heterocycles. The Labute approximate surface area is 393 Å². The number of benzene rings is 8. The van der Waals surface area contributed by atoms with E-state index in [0.29, 0.717) is 0 Å². The second kappa shape index (κ2) is 13.2. The highest BCUT2D eigenvalue weighted by molar-refractivity contribution is 7.25. The van der Waals surface area contributed by atoms with E-state index in [1.807, 2.05) is 11.3 Å². The van der Waals surface area contributed by atoms with Crippen molar-refractivity contribution in [1.82, 2.24) is 4.57 Å². The Bertz CT molecular complexity index is 3770. The molecule has 10 aromatic rings. The number of thiophene rings is 1. The van der Waals surface area contributed by atoms with Gasteiger partial charge in [-0.15, -0.1) is 11.3 Å². The van der Waals surface area contributed by atoms with E-state index in [0.717, 1.165) is 11.4 Å². The summed E-state index contributed by atoms with van der Waals surface area (Å²) < 4.78 is 5.29. The molecule has 3 heterocycles. The third kappa shape index (κ3) is 5.48. The molecular formula is C62H54BN2S. The Morgan fingerprint density at radius 1 is 0.485 bits per heavy atom. The van der Waals surface area contributed by atoms with Crippen molar-refractivity contribution in [3.63, 3.8) is 0 Å². The zero-order valence-electron chi connectivity index (χ0n) is 39.7. The van der Waals surface area contributed by atoms with Crippen LogP contribution in [0.15, 0.2) is 140 Å². The Hall–Kier alpha value is -6.36. The molecule has 66 heavy (non-hydrogen) atoms. The van der Waals surface area contributed by atoms with Crippen molar-refractivity contribution < 1.29 is 0 Å². The fraction of sp³-hybridized carbons (Fsp3) is 0.226. The predicted octanol–water partition coefficient (Wildman–Crippen LogP) is 15.7. The molecule has 0 spiro atoms. The summed E-state index contributed by atoms with van der Waals surface area (Å²) in [6, 6.07) is 54.1. The number of nitrogens with one attached hydrogen (secondary N) is 1. The smallest absolute Gasteiger partial charge is 0.197 e. The SMILES string of the molecule is CC(C)(C)c1ccc(Nc2cc3c(cc2-c2ccc4c5cc6sc7ccccc7c6cc5n5c4c2[B]c2cc4c(cc2-5)-c2ccccc2C4(C)C)C(C)(C)c2cc(C(C)(C)C)ccc2-3)cc1. The molecule has 8 aromatic carbocycles. The monoisotopic (exact) mass is 869 g/mol. The van der Waals surface area contributed by atoms with Gasteiger partial charge in [-0.3, -0.25) is 0 Å². The third-order valence-corrected chi connectivity index (χ3v) is 16.9. The van der Waals surface area contributed by atoms with Gasteiger partial charge in [0.05, 0.1) is 5.52 Å². The van der Waals surface area contributed by atoms with Crippen LogP contribution < -0.4 is 16.2 Å². The van der Waals surface area contributed by atoms with Crippen LogP contribution in [0.4, 0.5) is 11.4 Å². The van der Waals surface area contributed by atoms with E-state index in [9.17, 15) is 0 Å². The van der Waals surface area contributed by atoms with Crippen LogP contribution in [-0.2, 0) is 21.7 Å². The summed E-state index contributed by atoms with van der Waals surface area (Å²) in [5, 5.41) is 9.27. The first-order chi connectivity index (χ1) is 31.5. The fourth-order valence-corrected chi connectivity index (χ4v) is 13.1. The summed E-state index contributed by atoms with van der Waals surface area (Å²) in [4.78, 5) is 0. The minimum absolute atomic E-state index is 0.0555. The van der Waals surface area contributed by atoms with Gasteiger partial charge in [0.15, 0.2) is 7.28 Å². The van der Waals surface area contributed by atoms with E-state index in [-0.39, 0.29) is 21.7 Å². The number of hydrogen-bond donors (Lipinski definition) is 1. The molecule has 321 valence electrons. The average Bonchev–Trinajstić information content (AvgIpc) is 3.95. The van der Waals surface area contributed by atoms with Gasteiger partial charge in [-0.25, -0.2) is 0 Å². The minimum Gasteiger partial charge on any atom is -0.355 e. The first-order valence-corrected chi connectivity index (χ1v) is 24.6. The summed E-state index contributed by atoms with van der Waals surface area (Å²) in [6.07, 6.45) is 0. The normalized spacial score (nSPS) is 15.2. The zero-order valence-corrected chi connectivity index (χ0v) is 40.5. The van der Waals surface area contributed by atoms with Gasteiger partial charge in [-0.1, -0.05) is 166 Å². The van der Waals surface area contributed by atoms with Crippen LogP contribution in [0.3, 0.4) is 0 Å². The molecule has 0 bridgehead atoms. The molecule has 1 radical (unpaired) electrons. The Balaban J connectivity index is 1.09. The number of anilines is 2. The van der Waals surface area contributed by atoms with Crippen LogP contribution in [0.5, 0.6) is 0 Å². The highest BCUT2D eigenvalue weighted by Gasteiger charge is 2.40. The largest absolute Gasteiger partial charge is 0.355 e. The second-order valence-corrected chi connectivity index (χ2v) is 23.6. The van der Waals surface area contributed by atoms with Crippen molar-refractivity contribution in [1.29, 1.82) is 0 Å². The van der Waals surface area contributed by atoms with Crippen LogP contribution in [0.1, 0.15) is 103 Å². The summed E-state index contributed by atoms with van der Waals surface area (Å²) in [7, 11) is 2.52. The van der Waals surface area contributed by atoms with Crippen molar-refractivity contribution in [3.05, 3.63) is 173 Å². The van der Waals surface area contributed by atoms with Gasteiger partial charge in [-0.2, -0.15) is 0 Å². The van der Waals surface area contributed by atoms with E-state index in [4.69, 9.17) is 0 Å². The summed E-state index contributed by atoms with van der Waals surface area (Å²) in [5.41, 5.74) is 24.5. The van der Waals surface area contributed by atoms with E-state index in [1.165, 1.54) is 125 Å². The fourth-order valence-electron chi connectivity index (χ4n) is 12.0. The molecule has 0 saturated heterocycles. The molecule has 2 aliphatic carbocycles. The minimum atomic E-state index is -0.185. The third-order valence-electron chi connectivity index (χ3n) is 15.7. The van der Waals surface area contributed by atoms with E-state index in [1.54, 1.807) is 0 Å². The first-order valence-electron chi connectivity index (χ1n) is 23.7. The van der Waals surface area contributed by atoms with Crippen molar-refractivity contribution in [2.45, 2.75) is 90.9 Å². The van der Waals surface area contributed by atoms with Crippen LogP contribution in [0.25, 0.3) is 81.0 Å². The number of rotatable bonds is 3. The van der Waals surface area contributed by atoms with Gasteiger partial charge in [0, 0.05) is 69.9 Å². The molecule has 0 fully saturated rings. The van der Waals surface area contributed by atoms with Gasteiger partial charge in [-0.05, 0) is 126 Å². The first kappa shape index (κ1) is 40.0. The van der Waals surface area contributed by atoms with E-state index < -0.39 is 0 Å². The lowest BCUT2D eigenvalue weighted by Gasteiger charge is -2.28. The molecule has 0 amide bonds. The highest BCUT2D eigenvalue weighted by atomic mass is 32.1. The molecule has 0 saturated carbocycles. The Morgan fingerprint density at radius 2 is 1.14 bits per heavy atom. The maximum atomic E-state index is 4.02. The van der Waals surface area contributed by atoms with Gasteiger partial charge >= 0.3 is 0 Å². The Morgan fingerprint density at radius 3 is 1.92 bits per heavy atom. The predicted molar refractivity (Wildman–Crippen MR) is 286 cm³/mol. The van der Waals surface area contributed by atoms with Crippen LogP contribution in [0, 0.1) is 0 Å².